The summed E-state index contributed by atoms with van der Waals surface area (Å²) in [5.41, 5.74) is -0.680. The topological polar surface area (TPSA) is 119 Å². The highest BCUT2D eigenvalue weighted by Gasteiger charge is 2.26. The van der Waals surface area contributed by atoms with Gasteiger partial charge in [-0.2, -0.15) is 9.78 Å². The lowest BCUT2D eigenvalue weighted by Gasteiger charge is -2.24. The Morgan fingerprint density at radius 3 is 2.41 bits per heavy atom. The van der Waals surface area contributed by atoms with E-state index >= 15 is 0 Å². The van der Waals surface area contributed by atoms with Crippen molar-refractivity contribution in [2.75, 3.05) is 12.9 Å². The van der Waals surface area contributed by atoms with E-state index in [0.29, 0.717) is 16.8 Å². The number of rotatable bonds is 7. The maximum absolute atomic E-state index is 13.3. The van der Waals surface area contributed by atoms with Crippen LogP contribution in [0.15, 0.2) is 68.9 Å². The van der Waals surface area contributed by atoms with Crippen LogP contribution in [-0.4, -0.2) is 53.0 Å². The molecule has 0 unspecified atom stereocenters. The number of hydrogen-bond acceptors (Lipinski definition) is 7. The zero-order chi connectivity index (χ0) is 23.7. The van der Waals surface area contributed by atoms with Crippen LogP contribution in [0.5, 0.6) is 5.75 Å². The van der Waals surface area contributed by atoms with Crippen molar-refractivity contribution in [3.8, 4) is 22.6 Å². The Bertz CT molecular complexity index is 1280. The zero-order valence-corrected chi connectivity index (χ0v) is 20.1. The van der Waals surface area contributed by atoms with Crippen LogP contribution in [0.3, 0.4) is 0 Å². The molecular weight excluding hydrogens is 500 g/mol. The van der Waals surface area contributed by atoms with E-state index in [2.05, 4.69) is 21.0 Å². The van der Waals surface area contributed by atoms with Gasteiger partial charge >= 0.3 is 5.56 Å². The summed E-state index contributed by atoms with van der Waals surface area (Å²) in [5, 5.41) is 24.4. The zero-order valence-electron chi connectivity index (χ0n) is 17.7. The molecule has 1 heterocycles. The maximum atomic E-state index is 13.3. The van der Waals surface area contributed by atoms with Crippen molar-refractivity contribution in [2.24, 2.45) is 0 Å². The molecule has 2 N–H and O–H groups in total. The predicted octanol–water partition coefficient (Wildman–Crippen LogP) is 2.58. The molecule has 1 atom stereocenters. The van der Waals surface area contributed by atoms with Gasteiger partial charge in [0.25, 0.3) is 0 Å². The molecule has 0 saturated carbocycles. The third-order valence-electron chi connectivity index (χ3n) is 4.78. The number of nitrogens with zero attached hydrogens (tertiary/aromatic N) is 2. The first-order chi connectivity index (χ1) is 14.9. The van der Waals surface area contributed by atoms with Gasteiger partial charge < -0.3 is 14.9 Å². The molecule has 170 valence electrons. The molecule has 0 amide bonds. The van der Waals surface area contributed by atoms with Gasteiger partial charge in [0.1, 0.15) is 12.7 Å². The predicted molar refractivity (Wildman–Crippen MR) is 124 cm³/mol. The molecule has 0 spiro atoms. The number of ether oxygens (including phenoxy) is 1. The molecular formula is C22H23BrN2O6S. The lowest BCUT2D eigenvalue weighted by atomic mass is 10.0. The van der Waals surface area contributed by atoms with Crippen LogP contribution in [0.1, 0.15) is 13.8 Å². The second-order valence-electron chi connectivity index (χ2n) is 7.86. The fraction of sp³-hybridized carbons (Fsp3) is 0.273. The third-order valence-corrected chi connectivity index (χ3v) is 6.40. The first-order valence-electron chi connectivity index (χ1n) is 9.60. The Labute approximate surface area is 194 Å². The first-order valence-corrected chi connectivity index (χ1v) is 12.3. The first kappa shape index (κ1) is 24.1. The average Bonchev–Trinajstić information content (AvgIpc) is 2.71. The number of halogens is 1. The fourth-order valence-electron chi connectivity index (χ4n) is 2.82. The number of aliphatic hydroxyl groups excluding tert-OH is 1. The molecule has 0 radical (unpaired) electrons. The highest BCUT2D eigenvalue weighted by atomic mass is 79.9. The minimum Gasteiger partial charge on any atom is -0.484 e. The van der Waals surface area contributed by atoms with Crippen LogP contribution >= 0.6 is 15.9 Å². The van der Waals surface area contributed by atoms with Crippen LogP contribution in [0.25, 0.3) is 16.8 Å². The van der Waals surface area contributed by atoms with Crippen molar-refractivity contribution >= 4 is 25.8 Å². The van der Waals surface area contributed by atoms with E-state index in [1.165, 1.54) is 32.2 Å². The Balaban J connectivity index is 2.12. The fourth-order valence-corrected chi connectivity index (χ4v) is 3.84. The minimum absolute atomic E-state index is 0.0876. The molecule has 32 heavy (non-hydrogen) atoms. The van der Waals surface area contributed by atoms with Gasteiger partial charge in [-0.1, -0.05) is 34.1 Å². The van der Waals surface area contributed by atoms with Crippen LogP contribution in [0, 0.1) is 0 Å². The van der Waals surface area contributed by atoms with Crippen LogP contribution < -0.4 is 10.3 Å². The molecule has 0 bridgehead atoms. The smallest absolute Gasteiger partial charge is 0.314 e. The van der Waals surface area contributed by atoms with Crippen molar-refractivity contribution < 1.29 is 23.4 Å². The molecule has 3 aromatic rings. The summed E-state index contributed by atoms with van der Waals surface area (Å²) in [7, 11) is -3.38. The Hall–Kier alpha value is -2.53. The quantitative estimate of drug-likeness (QED) is 0.489. The lowest BCUT2D eigenvalue weighted by Crippen LogP contribution is -2.40. The van der Waals surface area contributed by atoms with Gasteiger partial charge in [0.05, 0.1) is 22.4 Å². The van der Waals surface area contributed by atoms with Gasteiger partial charge in [0, 0.05) is 16.3 Å². The van der Waals surface area contributed by atoms with E-state index in [1.807, 2.05) is 6.07 Å². The monoisotopic (exact) mass is 522 g/mol. The van der Waals surface area contributed by atoms with E-state index in [0.717, 1.165) is 15.4 Å². The van der Waals surface area contributed by atoms with Crippen LogP contribution in [0.4, 0.5) is 0 Å². The number of sulfone groups is 1. The van der Waals surface area contributed by atoms with E-state index in [4.69, 9.17) is 4.74 Å². The molecule has 0 aliphatic rings. The molecule has 8 nitrogen and oxygen atoms in total. The molecule has 2 aromatic carbocycles. The van der Waals surface area contributed by atoms with Crippen molar-refractivity contribution in [3.05, 3.63) is 69.6 Å². The van der Waals surface area contributed by atoms with Gasteiger partial charge in [-0.3, -0.25) is 4.79 Å². The van der Waals surface area contributed by atoms with Crippen molar-refractivity contribution in [3.63, 3.8) is 0 Å². The van der Waals surface area contributed by atoms with Crippen molar-refractivity contribution in [1.82, 2.24) is 9.78 Å². The molecule has 10 heteroatoms. The minimum atomic E-state index is -3.38. The third kappa shape index (κ3) is 5.44. The summed E-state index contributed by atoms with van der Waals surface area (Å²) >= 11 is 3.36. The molecule has 0 aliphatic heterocycles. The second kappa shape index (κ2) is 9.14. The van der Waals surface area contributed by atoms with Gasteiger partial charge in [-0.05, 0) is 49.7 Å². The van der Waals surface area contributed by atoms with Crippen LogP contribution in [-0.2, 0) is 9.84 Å². The van der Waals surface area contributed by atoms with Crippen molar-refractivity contribution in [2.45, 2.75) is 30.4 Å². The van der Waals surface area contributed by atoms with E-state index in [9.17, 15) is 23.4 Å². The molecule has 0 fully saturated rings. The maximum Gasteiger partial charge on any atom is 0.314 e. The Morgan fingerprint density at radius 2 is 1.84 bits per heavy atom. The number of aliphatic hydroxyl groups is 2. The molecule has 0 aliphatic carbocycles. The summed E-state index contributed by atoms with van der Waals surface area (Å²) in [6, 6.07) is 12.9. The Kier molecular flexibility index (Phi) is 6.89. The van der Waals surface area contributed by atoms with Crippen LogP contribution in [0.2, 0.25) is 0 Å². The highest BCUT2D eigenvalue weighted by Crippen LogP contribution is 2.28. The summed E-state index contributed by atoms with van der Waals surface area (Å²) in [6.07, 6.45) is 1.29. The normalized spacial score (nSPS) is 13.1. The second-order valence-corrected chi connectivity index (χ2v) is 10.8. The SMILES string of the molecule is CC(C)(O)[C@@H](O)COc1c(-c2ccc(S(C)(=O)=O)cc2)cnn(-c2cccc(Br)c2)c1=O. The van der Waals surface area contributed by atoms with E-state index in [-0.39, 0.29) is 17.3 Å². The largest absolute Gasteiger partial charge is 0.484 e. The van der Waals surface area contributed by atoms with Gasteiger partial charge in [0.15, 0.2) is 15.6 Å². The van der Waals surface area contributed by atoms with E-state index in [1.54, 1.807) is 30.3 Å². The number of hydrogen-bond donors (Lipinski definition) is 2. The average molecular weight is 523 g/mol. The summed E-state index contributed by atoms with van der Waals surface area (Å²) in [4.78, 5) is 13.4. The highest BCUT2D eigenvalue weighted by molar-refractivity contribution is 9.10. The summed E-state index contributed by atoms with van der Waals surface area (Å²) < 4.78 is 31.1. The molecule has 3 rings (SSSR count). The number of benzene rings is 2. The van der Waals surface area contributed by atoms with Gasteiger partial charge in [0.2, 0.25) is 0 Å². The summed E-state index contributed by atoms with van der Waals surface area (Å²) in [5.74, 6) is -0.0876. The standard InChI is InChI=1S/C22H23BrN2O6S/c1-22(2,28)19(26)13-31-20-18(14-7-9-17(10-8-14)32(3,29)30)12-24-25(21(20)27)16-6-4-5-15(23)11-16/h4-12,19,26,28H,13H2,1-3H3/t19-/m0/s1. The Morgan fingerprint density at radius 1 is 1.19 bits per heavy atom. The lowest BCUT2D eigenvalue weighted by molar-refractivity contribution is -0.0663. The number of aromatic nitrogens is 2. The van der Waals surface area contributed by atoms with Crippen molar-refractivity contribution in [1.29, 1.82) is 0 Å². The molecule has 1 aromatic heterocycles. The van der Waals surface area contributed by atoms with Gasteiger partial charge in [-0.25, -0.2) is 8.42 Å². The summed E-state index contributed by atoms with van der Waals surface area (Å²) in [6.45, 7) is 2.52. The van der Waals surface area contributed by atoms with Gasteiger partial charge in [-0.15, -0.1) is 0 Å². The van der Waals surface area contributed by atoms with E-state index < -0.39 is 27.1 Å². The molecule has 0 saturated heterocycles.